The van der Waals surface area contributed by atoms with Crippen LogP contribution in [-0.4, -0.2) is 31.1 Å². The van der Waals surface area contributed by atoms with E-state index >= 15 is 0 Å². The summed E-state index contributed by atoms with van der Waals surface area (Å²) >= 11 is 0. The molecule has 118 valence electrons. The minimum Gasteiger partial charge on any atom is -0.494 e. The molecule has 1 saturated carbocycles. The number of benzene rings is 1. The molecule has 2 N–H and O–H groups in total. The van der Waals surface area contributed by atoms with Crippen LogP contribution < -0.4 is 10.5 Å². The standard InChI is InChI=1S/C18H30N2O/c1-4-21-16-11-9-15(10-12-16)17(19)18(20(2)3)13-7-5-6-8-14-18/h9-12,17H,4-8,13-14,19H2,1-3H3. The Balaban J connectivity index is 2.22. The van der Waals surface area contributed by atoms with Crippen molar-refractivity contribution in [2.75, 3.05) is 20.7 Å². The summed E-state index contributed by atoms with van der Waals surface area (Å²) in [6.07, 6.45) is 7.62. The Labute approximate surface area is 129 Å². The highest BCUT2D eigenvalue weighted by Gasteiger charge is 2.39. The van der Waals surface area contributed by atoms with Gasteiger partial charge in [-0.15, -0.1) is 0 Å². The molecule has 21 heavy (non-hydrogen) atoms. The predicted molar refractivity (Wildman–Crippen MR) is 88.7 cm³/mol. The Bertz CT molecular complexity index is 419. The minimum atomic E-state index is 0.0567. The van der Waals surface area contributed by atoms with Crippen LogP contribution in [0.25, 0.3) is 0 Å². The fourth-order valence-electron chi connectivity index (χ4n) is 3.63. The molecule has 1 atom stereocenters. The lowest BCUT2D eigenvalue weighted by molar-refractivity contribution is 0.0968. The smallest absolute Gasteiger partial charge is 0.119 e. The van der Waals surface area contributed by atoms with Gasteiger partial charge in [0.1, 0.15) is 5.75 Å². The molecule has 1 aromatic carbocycles. The van der Waals surface area contributed by atoms with Crippen LogP contribution in [0.3, 0.4) is 0 Å². The second kappa shape index (κ2) is 7.28. The zero-order chi connectivity index (χ0) is 15.3. The van der Waals surface area contributed by atoms with Crippen LogP contribution in [0.2, 0.25) is 0 Å². The van der Waals surface area contributed by atoms with Crippen LogP contribution in [0.4, 0.5) is 0 Å². The summed E-state index contributed by atoms with van der Waals surface area (Å²) in [4.78, 5) is 2.36. The largest absolute Gasteiger partial charge is 0.494 e. The zero-order valence-corrected chi connectivity index (χ0v) is 13.8. The monoisotopic (exact) mass is 290 g/mol. The number of hydrogen-bond donors (Lipinski definition) is 1. The molecule has 0 heterocycles. The third kappa shape index (κ3) is 3.58. The molecule has 0 aliphatic heterocycles. The molecule has 0 radical (unpaired) electrons. The van der Waals surface area contributed by atoms with Gasteiger partial charge in [0.05, 0.1) is 6.61 Å². The molecule has 1 aliphatic rings. The van der Waals surface area contributed by atoms with Crippen molar-refractivity contribution in [1.29, 1.82) is 0 Å². The van der Waals surface area contributed by atoms with E-state index in [1.807, 2.05) is 19.1 Å². The number of nitrogens with two attached hydrogens (primary N) is 1. The molecule has 0 aromatic heterocycles. The summed E-state index contributed by atoms with van der Waals surface area (Å²) < 4.78 is 5.53. The third-order valence-corrected chi connectivity index (χ3v) is 4.99. The van der Waals surface area contributed by atoms with Gasteiger partial charge >= 0.3 is 0 Å². The highest BCUT2D eigenvalue weighted by atomic mass is 16.5. The fraction of sp³-hybridized carbons (Fsp3) is 0.667. The van der Waals surface area contributed by atoms with E-state index in [9.17, 15) is 0 Å². The van der Waals surface area contributed by atoms with Gasteiger partial charge in [0.2, 0.25) is 0 Å². The van der Waals surface area contributed by atoms with Crippen molar-refractivity contribution in [3.8, 4) is 5.75 Å². The van der Waals surface area contributed by atoms with Gasteiger partial charge < -0.3 is 15.4 Å². The van der Waals surface area contributed by atoms with Crippen molar-refractivity contribution in [2.24, 2.45) is 5.73 Å². The van der Waals surface area contributed by atoms with Crippen molar-refractivity contribution in [2.45, 2.75) is 57.0 Å². The van der Waals surface area contributed by atoms with Crippen LogP contribution in [0, 0.1) is 0 Å². The molecular weight excluding hydrogens is 260 g/mol. The van der Waals surface area contributed by atoms with Crippen LogP contribution in [0.15, 0.2) is 24.3 Å². The number of rotatable bonds is 5. The van der Waals surface area contributed by atoms with Crippen molar-refractivity contribution < 1.29 is 4.74 Å². The molecule has 0 spiro atoms. The van der Waals surface area contributed by atoms with E-state index in [4.69, 9.17) is 10.5 Å². The van der Waals surface area contributed by atoms with Crippen molar-refractivity contribution in [1.82, 2.24) is 4.90 Å². The maximum Gasteiger partial charge on any atom is 0.119 e. The van der Waals surface area contributed by atoms with E-state index in [2.05, 4.69) is 31.1 Å². The average Bonchev–Trinajstić information content (AvgIpc) is 2.74. The summed E-state index contributed by atoms with van der Waals surface area (Å²) in [5.74, 6) is 0.924. The van der Waals surface area contributed by atoms with E-state index in [-0.39, 0.29) is 11.6 Å². The Morgan fingerprint density at radius 2 is 1.67 bits per heavy atom. The Morgan fingerprint density at radius 1 is 1.10 bits per heavy atom. The first-order valence-corrected chi connectivity index (χ1v) is 8.26. The maximum atomic E-state index is 6.72. The van der Waals surface area contributed by atoms with Gasteiger partial charge in [0, 0.05) is 11.6 Å². The molecule has 0 amide bonds. The van der Waals surface area contributed by atoms with Crippen LogP contribution in [-0.2, 0) is 0 Å². The SMILES string of the molecule is CCOc1ccc(C(N)C2(N(C)C)CCCCCC2)cc1. The molecule has 0 saturated heterocycles. The number of hydrogen-bond acceptors (Lipinski definition) is 3. The first kappa shape index (κ1) is 16.3. The first-order valence-electron chi connectivity index (χ1n) is 8.26. The Morgan fingerprint density at radius 3 is 2.14 bits per heavy atom. The molecule has 1 unspecified atom stereocenters. The van der Waals surface area contributed by atoms with Gasteiger partial charge in [-0.25, -0.2) is 0 Å². The summed E-state index contributed by atoms with van der Waals surface area (Å²) in [7, 11) is 4.36. The Kier molecular flexibility index (Phi) is 5.65. The summed E-state index contributed by atoms with van der Waals surface area (Å²) in [6, 6.07) is 8.40. The second-order valence-corrected chi connectivity index (χ2v) is 6.39. The van der Waals surface area contributed by atoms with Crippen LogP contribution >= 0.6 is 0 Å². The van der Waals surface area contributed by atoms with Gasteiger partial charge in [0.15, 0.2) is 0 Å². The highest BCUT2D eigenvalue weighted by molar-refractivity contribution is 5.31. The molecule has 0 bridgehead atoms. The fourth-order valence-corrected chi connectivity index (χ4v) is 3.63. The van der Waals surface area contributed by atoms with E-state index in [1.54, 1.807) is 0 Å². The predicted octanol–water partition coefficient (Wildman–Crippen LogP) is 3.74. The number of ether oxygens (including phenoxy) is 1. The zero-order valence-electron chi connectivity index (χ0n) is 13.8. The molecular formula is C18H30N2O. The van der Waals surface area contributed by atoms with E-state index in [1.165, 1.54) is 44.1 Å². The van der Waals surface area contributed by atoms with Crippen molar-refractivity contribution >= 4 is 0 Å². The molecule has 2 rings (SSSR count). The quantitative estimate of drug-likeness (QED) is 0.840. The number of likely N-dealkylation sites (N-methyl/N-ethyl adjacent to an activating group) is 1. The summed E-state index contributed by atoms with van der Waals surface area (Å²) in [5, 5.41) is 0. The van der Waals surface area contributed by atoms with Gasteiger partial charge in [-0.3, -0.25) is 0 Å². The third-order valence-electron chi connectivity index (χ3n) is 4.99. The summed E-state index contributed by atoms with van der Waals surface area (Å²) in [6.45, 7) is 2.71. The highest BCUT2D eigenvalue weighted by Crippen LogP contribution is 2.40. The molecule has 3 heteroatoms. The van der Waals surface area contributed by atoms with Gasteiger partial charge in [-0.05, 0) is 51.6 Å². The van der Waals surface area contributed by atoms with E-state index in [0.717, 1.165) is 5.75 Å². The number of nitrogens with zero attached hydrogens (tertiary/aromatic N) is 1. The first-order chi connectivity index (χ1) is 10.1. The molecule has 1 aromatic rings. The lowest BCUT2D eigenvalue weighted by Crippen LogP contribution is -2.52. The molecule has 1 fully saturated rings. The van der Waals surface area contributed by atoms with E-state index in [0.29, 0.717) is 6.61 Å². The van der Waals surface area contributed by atoms with Crippen molar-refractivity contribution in [3.05, 3.63) is 29.8 Å². The van der Waals surface area contributed by atoms with Crippen LogP contribution in [0.1, 0.15) is 57.1 Å². The van der Waals surface area contributed by atoms with Gasteiger partial charge in [-0.1, -0.05) is 37.8 Å². The molecule has 1 aliphatic carbocycles. The Hall–Kier alpha value is -1.06. The average molecular weight is 290 g/mol. The summed E-state index contributed by atoms with van der Waals surface area (Å²) in [5.41, 5.74) is 8.02. The van der Waals surface area contributed by atoms with Crippen molar-refractivity contribution in [3.63, 3.8) is 0 Å². The van der Waals surface area contributed by atoms with E-state index < -0.39 is 0 Å². The van der Waals surface area contributed by atoms with Gasteiger partial charge in [0.25, 0.3) is 0 Å². The maximum absolute atomic E-state index is 6.72. The van der Waals surface area contributed by atoms with Gasteiger partial charge in [-0.2, -0.15) is 0 Å². The topological polar surface area (TPSA) is 38.5 Å². The lowest BCUT2D eigenvalue weighted by atomic mass is 9.78. The molecule has 3 nitrogen and oxygen atoms in total. The minimum absolute atomic E-state index is 0.0567. The van der Waals surface area contributed by atoms with Crippen LogP contribution in [0.5, 0.6) is 5.75 Å². The lowest BCUT2D eigenvalue weighted by Gasteiger charge is -2.44. The second-order valence-electron chi connectivity index (χ2n) is 6.39. The normalized spacial score (nSPS) is 20.0.